The zero-order valence-electron chi connectivity index (χ0n) is 11.9. The van der Waals surface area contributed by atoms with Gasteiger partial charge in [0.05, 0.1) is 5.69 Å². The molecule has 2 rings (SSSR count). The van der Waals surface area contributed by atoms with Gasteiger partial charge in [0.25, 0.3) is 5.91 Å². The van der Waals surface area contributed by atoms with Crippen LogP contribution in [0.5, 0.6) is 0 Å². The molecule has 19 heavy (non-hydrogen) atoms. The van der Waals surface area contributed by atoms with Crippen LogP contribution in [-0.2, 0) is 6.42 Å². The summed E-state index contributed by atoms with van der Waals surface area (Å²) >= 11 is 1.85. The van der Waals surface area contributed by atoms with Gasteiger partial charge >= 0.3 is 0 Å². The zero-order valence-corrected chi connectivity index (χ0v) is 12.8. The summed E-state index contributed by atoms with van der Waals surface area (Å²) in [5.74, 6) is 2.83. The number of amides is 1. The Morgan fingerprint density at radius 3 is 3.00 bits per heavy atom. The highest BCUT2D eigenvalue weighted by Crippen LogP contribution is 2.22. The van der Waals surface area contributed by atoms with E-state index in [0.717, 1.165) is 31.7 Å². The molecule has 0 radical (unpaired) electrons. The molecule has 1 aromatic rings. The topological polar surface area (TPSA) is 46.3 Å². The largest absolute Gasteiger partial charge is 0.435 e. The fourth-order valence-corrected chi connectivity index (χ4v) is 3.31. The van der Waals surface area contributed by atoms with Gasteiger partial charge in [-0.05, 0) is 37.7 Å². The van der Waals surface area contributed by atoms with E-state index in [4.69, 9.17) is 4.42 Å². The summed E-state index contributed by atoms with van der Waals surface area (Å²) in [5.41, 5.74) is 0.717. The Kier molecular flexibility index (Phi) is 4.91. The Hall–Kier alpha value is -0.970. The molecule has 5 heteroatoms. The van der Waals surface area contributed by atoms with Crippen molar-refractivity contribution in [2.75, 3.05) is 25.1 Å². The predicted molar refractivity (Wildman–Crippen MR) is 77.6 cm³/mol. The number of aryl methyl sites for hydroxylation is 2. The number of nitrogens with zero attached hydrogens (tertiary/aromatic N) is 2. The zero-order chi connectivity index (χ0) is 13.8. The van der Waals surface area contributed by atoms with Gasteiger partial charge in [0.1, 0.15) is 0 Å². The summed E-state index contributed by atoms with van der Waals surface area (Å²) in [5, 5.41) is 0. The molecule has 1 aliphatic rings. The number of piperidine rings is 1. The van der Waals surface area contributed by atoms with E-state index in [9.17, 15) is 4.79 Å². The maximum atomic E-state index is 12.5. The summed E-state index contributed by atoms with van der Waals surface area (Å²) in [6.45, 7) is 5.51. The smallest absolute Gasteiger partial charge is 0.291 e. The molecular weight excluding hydrogens is 260 g/mol. The maximum absolute atomic E-state index is 12.5. The molecule has 1 saturated heterocycles. The average molecular weight is 282 g/mol. The minimum atomic E-state index is 0.00973. The van der Waals surface area contributed by atoms with E-state index in [0.29, 0.717) is 23.3 Å². The monoisotopic (exact) mass is 282 g/mol. The minimum absolute atomic E-state index is 0.00973. The molecular formula is C14H22N2O2S. The molecule has 0 N–H and O–H groups in total. The van der Waals surface area contributed by atoms with Crippen LogP contribution in [-0.4, -0.2) is 40.9 Å². The standard InChI is InChI=1S/C14H22N2O2S/c1-4-12-15-10(2)13(18-12)14(17)16-7-5-6-11(8-16)9-19-3/h11H,4-9H2,1-3H3. The molecule has 2 heterocycles. The second-order valence-electron chi connectivity index (χ2n) is 5.09. The van der Waals surface area contributed by atoms with Gasteiger partial charge in [-0.3, -0.25) is 4.79 Å². The first-order valence-corrected chi connectivity index (χ1v) is 8.29. The Labute approximate surface area is 118 Å². The van der Waals surface area contributed by atoms with E-state index in [1.807, 2.05) is 30.5 Å². The van der Waals surface area contributed by atoms with Gasteiger partial charge in [0.2, 0.25) is 5.76 Å². The number of oxazole rings is 1. The lowest BCUT2D eigenvalue weighted by Crippen LogP contribution is -2.40. The number of carbonyl (C=O) groups excluding carboxylic acids is 1. The molecule has 1 aliphatic heterocycles. The van der Waals surface area contributed by atoms with Crippen LogP contribution in [0.2, 0.25) is 0 Å². The summed E-state index contributed by atoms with van der Waals surface area (Å²) in [7, 11) is 0. The van der Waals surface area contributed by atoms with E-state index in [-0.39, 0.29) is 5.91 Å². The number of hydrogen-bond donors (Lipinski definition) is 0. The van der Waals surface area contributed by atoms with E-state index in [1.165, 1.54) is 6.42 Å². The van der Waals surface area contributed by atoms with Crippen LogP contribution in [0.1, 0.15) is 41.9 Å². The molecule has 1 aromatic heterocycles. The third kappa shape index (κ3) is 3.32. The van der Waals surface area contributed by atoms with Crippen molar-refractivity contribution in [3.05, 3.63) is 17.3 Å². The summed E-state index contributed by atoms with van der Waals surface area (Å²) in [4.78, 5) is 18.7. The molecule has 106 valence electrons. The first-order valence-electron chi connectivity index (χ1n) is 6.90. The fourth-order valence-electron chi connectivity index (χ4n) is 2.57. The van der Waals surface area contributed by atoms with Crippen molar-refractivity contribution < 1.29 is 9.21 Å². The van der Waals surface area contributed by atoms with Gasteiger partial charge in [-0.1, -0.05) is 6.92 Å². The van der Waals surface area contributed by atoms with Gasteiger partial charge in [-0.25, -0.2) is 4.98 Å². The van der Waals surface area contributed by atoms with Gasteiger partial charge in [0.15, 0.2) is 5.89 Å². The van der Waals surface area contributed by atoms with Crippen molar-refractivity contribution in [2.24, 2.45) is 5.92 Å². The van der Waals surface area contributed by atoms with Gasteiger partial charge in [-0.2, -0.15) is 11.8 Å². The van der Waals surface area contributed by atoms with E-state index in [1.54, 1.807) is 0 Å². The highest BCUT2D eigenvalue weighted by Gasteiger charge is 2.27. The lowest BCUT2D eigenvalue weighted by molar-refractivity contribution is 0.0650. The van der Waals surface area contributed by atoms with Crippen LogP contribution in [0.25, 0.3) is 0 Å². The summed E-state index contributed by atoms with van der Waals surface area (Å²) in [6.07, 6.45) is 5.16. The van der Waals surface area contributed by atoms with E-state index in [2.05, 4.69) is 11.2 Å². The number of carbonyl (C=O) groups is 1. The lowest BCUT2D eigenvalue weighted by Gasteiger charge is -2.31. The van der Waals surface area contributed by atoms with Crippen LogP contribution in [0.15, 0.2) is 4.42 Å². The normalized spacial score (nSPS) is 19.7. The average Bonchev–Trinajstić information content (AvgIpc) is 2.80. The number of likely N-dealkylation sites (tertiary alicyclic amines) is 1. The van der Waals surface area contributed by atoms with Crippen molar-refractivity contribution in [1.29, 1.82) is 0 Å². The Morgan fingerprint density at radius 1 is 1.58 bits per heavy atom. The van der Waals surface area contributed by atoms with Gasteiger partial charge < -0.3 is 9.32 Å². The Balaban J connectivity index is 2.07. The SMILES string of the molecule is CCc1nc(C)c(C(=O)N2CCCC(CSC)C2)o1. The highest BCUT2D eigenvalue weighted by molar-refractivity contribution is 7.98. The van der Waals surface area contributed by atoms with Crippen LogP contribution >= 0.6 is 11.8 Å². The molecule has 0 bridgehead atoms. The molecule has 0 spiro atoms. The molecule has 1 fully saturated rings. The number of hydrogen-bond acceptors (Lipinski definition) is 4. The second-order valence-corrected chi connectivity index (χ2v) is 6.00. The van der Waals surface area contributed by atoms with E-state index < -0.39 is 0 Å². The minimum Gasteiger partial charge on any atom is -0.435 e. The van der Waals surface area contributed by atoms with Gasteiger partial charge in [0, 0.05) is 19.5 Å². The van der Waals surface area contributed by atoms with Crippen molar-refractivity contribution in [1.82, 2.24) is 9.88 Å². The van der Waals surface area contributed by atoms with Crippen LogP contribution in [0, 0.1) is 12.8 Å². The van der Waals surface area contributed by atoms with Crippen LogP contribution in [0.3, 0.4) is 0 Å². The quantitative estimate of drug-likeness (QED) is 0.852. The fraction of sp³-hybridized carbons (Fsp3) is 0.714. The molecule has 0 saturated carbocycles. The first-order chi connectivity index (χ1) is 9.15. The lowest BCUT2D eigenvalue weighted by atomic mass is 10.00. The van der Waals surface area contributed by atoms with Crippen LogP contribution in [0.4, 0.5) is 0 Å². The number of aromatic nitrogens is 1. The summed E-state index contributed by atoms with van der Waals surface area (Å²) in [6, 6.07) is 0. The number of rotatable bonds is 4. The second kappa shape index (κ2) is 6.46. The summed E-state index contributed by atoms with van der Waals surface area (Å²) < 4.78 is 5.57. The van der Waals surface area contributed by atoms with Gasteiger partial charge in [-0.15, -0.1) is 0 Å². The molecule has 0 aromatic carbocycles. The molecule has 1 amide bonds. The molecule has 4 nitrogen and oxygen atoms in total. The highest BCUT2D eigenvalue weighted by atomic mass is 32.2. The van der Waals surface area contributed by atoms with Crippen LogP contribution < -0.4 is 0 Å². The van der Waals surface area contributed by atoms with Crippen molar-refractivity contribution in [3.63, 3.8) is 0 Å². The third-order valence-electron chi connectivity index (χ3n) is 3.55. The molecule has 0 aliphatic carbocycles. The number of thioether (sulfide) groups is 1. The van der Waals surface area contributed by atoms with E-state index >= 15 is 0 Å². The van der Waals surface area contributed by atoms with Crippen molar-refractivity contribution in [3.8, 4) is 0 Å². The molecule has 1 unspecified atom stereocenters. The Morgan fingerprint density at radius 2 is 2.37 bits per heavy atom. The third-order valence-corrected chi connectivity index (χ3v) is 4.35. The predicted octanol–water partition coefficient (Wildman–Crippen LogP) is 2.76. The maximum Gasteiger partial charge on any atom is 0.291 e. The molecule has 1 atom stereocenters. The van der Waals surface area contributed by atoms with Crippen molar-refractivity contribution in [2.45, 2.75) is 33.1 Å². The Bertz CT molecular complexity index is 443. The first kappa shape index (κ1) is 14.4. The van der Waals surface area contributed by atoms with Crippen molar-refractivity contribution >= 4 is 17.7 Å².